The van der Waals surface area contributed by atoms with Gasteiger partial charge in [-0.2, -0.15) is 0 Å². The van der Waals surface area contributed by atoms with Crippen LogP contribution in [-0.2, 0) is 9.59 Å². The zero-order valence-electron chi connectivity index (χ0n) is 16.8. The Hall–Kier alpha value is -2.69. The fraction of sp³-hybridized carbons (Fsp3) is 0.435. The first kappa shape index (κ1) is 18.7. The average molecular weight is 378 g/mol. The molecule has 0 saturated heterocycles. The van der Waals surface area contributed by atoms with Gasteiger partial charge in [-0.05, 0) is 36.6 Å². The first-order chi connectivity index (χ1) is 13.3. The molecule has 1 amide bonds. The van der Waals surface area contributed by atoms with Gasteiger partial charge >= 0.3 is 0 Å². The van der Waals surface area contributed by atoms with Crippen LogP contribution in [0.25, 0.3) is 10.8 Å². The highest BCUT2D eigenvalue weighted by Crippen LogP contribution is 2.69. The lowest BCUT2D eigenvalue weighted by atomic mass is 9.64. The lowest BCUT2D eigenvalue weighted by Crippen LogP contribution is -2.52. The predicted octanol–water partition coefficient (Wildman–Crippen LogP) is 4.42. The van der Waals surface area contributed by atoms with Crippen LogP contribution < -0.4 is 4.90 Å². The second-order valence-corrected chi connectivity index (χ2v) is 8.69. The maximum Gasteiger partial charge on any atom is 0.241 e. The van der Waals surface area contributed by atoms with E-state index in [1.807, 2.05) is 70.2 Å². The molecule has 2 aliphatic carbocycles. The highest BCUT2D eigenvalue weighted by Gasteiger charge is 2.77. The molecule has 2 fully saturated rings. The predicted molar refractivity (Wildman–Crippen MR) is 110 cm³/mol. The van der Waals surface area contributed by atoms with Crippen LogP contribution in [0.15, 0.2) is 47.6 Å². The standard InChI is InChI=1S/C23H26N2O3/c1-5-25(17-12-8-10-15-9-6-7-11-16(15)17)20(27)23-14-13-22(4,21(23,2)3)18(24-28)19(23)26/h6-12,28H,5,13-14H2,1-4H3/b24-18+. The van der Waals surface area contributed by atoms with Gasteiger partial charge in [-0.25, -0.2) is 0 Å². The summed E-state index contributed by atoms with van der Waals surface area (Å²) in [6, 6.07) is 13.8. The molecule has 2 aliphatic rings. The Labute approximate surface area is 165 Å². The summed E-state index contributed by atoms with van der Waals surface area (Å²) in [6.07, 6.45) is 1.14. The molecule has 2 atom stereocenters. The van der Waals surface area contributed by atoms with E-state index >= 15 is 0 Å². The van der Waals surface area contributed by atoms with Crippen LogP contribution in [0, 0.1) is 16.2 Å². The van der Waals surface area contributed by atoms with E-state index in [-0.39, 0.29) is 17.4 Å². The summed E-state index contributed by atoms with van der Waals surface area (Å²) in [7, 11) is 0. The highest BCUT2D eigenvalue weighted by molar-refractivity contribution is 6.51. The molecule has 0 heterocycles. The fourth-order valence-electron chi connectivity index (χ4n) is 5.52. The maximum atomic E-state index is 14.0. The van der Waals surface area contributed by atoms with E-state index in [2.05, 4.69) is 5.16 Å². The minimum absolute atomic E-state index is 0.145. The summed E-state index contributed by atoms with van der Waals surface area (Å²) in [4.78, 5) is 29.1. The SMILES string of the molecule is CCN(C(=O)C12CCC(C)(/C(=N/O)C1=O)C2(C)C)c1cccc2ccccc12. The van der Waals surface area contributed by atoms with Crippen molar-refractivity contribution >= 4 is 33.9 Å². The normalized spacial score (nSPS) is 29.6. The topological polar surface area (TPSA) is 70.0 Å². The summed E-state index contributed by atoms with van der Waals surface area (Å²) in [6.45, 7) is 8.25. The molecule has 0 radical (unpaired) electrons. The summed E-state index contributed by atoms with van der Waals surface area (Å²) >= 11 is 0. The van der Waals surface area contributed by atoms with E-state index in [1.54, 1.807) is 4.90 Å². The molecular formula is C23H26N2O3. The molecule has 28 heavy (non-hydrogen) atoms. The molecule has 146 valence electrons. The van der Waals surface area contributed by atoms with Crippen LogP contribution in [0.1, 0.15) is 40.5 Å². The van der Waals surface area contributed by atoms with Crippen LogP contribution in [0.4, 0.5) is 5.69 Å². The number of ketones is 1. The van der Waals surface area contributed by atoms with Crippen molar-refractivity contribution in [3.05, 3.63) is 42.5 Å². The Balaban J connectivity index is 1.89. The third-order valence-corrected chi connectivity index (χ3v) is 7.66. The molecule has 4 rings (SSSR count). The molecule has 0 aliphatic heterocycles. The van der Waals surface area contributed by atoms with Gasteiger partial charge in [0.1, 0.15) is 11.1 Å². The molecule has 2 aromatic carbocycles. The first-order valence-electron chi connectivity index (χ1n) is 9.83. The van der Waals surface area contributed by atoms with Gasteiger partial charge in [-0.3, -0.25) is 9.59 Å². The lowest BCUT2D eigenvalue weighted by Gasteiger charge is -2.40. The first-order valence-corrected chi connectivity index (χ1v) is 9.83. The molecule has 2 unspecified atom stereocenters. The van der Waals surface area contributed by atoms with Gasteiger partial charge in [-0.15, -0.1) is 0 Å². The molecule has 0 aromatic heterocycles. The third-order valence-electron chi connectivity index (χ3n) is 7.66. The van der Waals surface area contributed by atoms with Gasteiger partial charge < -0.3 is 10.1 Å². The van der Waals surface area contributed by atoms with E-state index < -0.39 is 16.2 Å². The minimum atomic E-state index is -1.20. The van der Waals surface area contributed by atoms with Crippen LogP contribution in [0.3, 0.4) is 0 Å². The number of Topliss-reactive ketones (excluding diaryl/α,β-unsaturated/α-hetero) is 1. The van der Waals surface area contributed by atoms with Gasteiger partial charge in [0.05, 0.1) is 5.69 Å². The van der Waals surface area contributed by atoms with E-state index in [9.17, 15) is 14.8 Å². The molecule has 5 nitrogen and oxygen atoms in total. The summed E-state index contributed by atoms with van der Waals surface area (Å²) in [5, 5.41) is 14.9. The van der Waals surface area contributed by atoms with Gasteiger partial charge in [0.2, 0.25) is 5.91 Å². The van der Waals surface area contributed by atoms with Crippen LogP contribution in [-0.4, -0.2) is 29.2 Å². The van der Waals surface area contributed by atoms with Gasteiger partial charge in [-0.1, -0.05) is 62.3 Å². The number of hydrogen-bond acceptors (Lipinski definition) is 4. The number of amides is 1. The number of hydrogen-bond donors (Lipinski definition) is 1. The van der Waals surface area contributed by atoms with Crippen molar-refractivity contribution in [3.8, 4) is 0 Å². The van der Waals surface area contributed by atoms with Crippen molar-refractivity contribution in [1.82, 2.24) is 0 Å². The Morgan fingerprint density at radius 3 is 2.43 bits per heavy atom. The summed E-state index contributed by atoms with van der Waals surface area (Å²) in [5.74, 6) is -0.513. The number of fused-ring (bicyclic) bond motifs is 3. The zero-order chi connectivity index (χ0) is 20.3. The van der Waals surface area contributed by atoms with E-state index in [1.165, 1.54) is 0 Å². The monoisotopic (exact) mass is 378 g/mol. The van der Waals surface area contributed by atoms with E-state index in [4.69, 9.17) is 0 Å². The van der Waals surface area contributed by atoms with Gasteiger partial charge in [0.15, 0.2) is 5.78 Å². The average Bonchev–Trinajstić information content (AvgIpc) is 2.97. The zero-order valence-corrected chi connectivity index (χ0v) is 16.8. The number of benzene rings is 2. The number of anilines is 1. The largest absolute Gasteiger partial charge is 0.411 e. The molecule has 2 saturated carbocycles. The molecule has 0 spiro atoms. The Bertz CT molecular complexity index is 1020. The summed E-state index contributed by atoms with van der Waals surface area (Å²) in [5.41, 5.74) is -1.48. The number of oxime groups is 1. The van der Waals surface area contributed by atoms with E-state index in [0.717, 1.165) is 16.5 Å². The maximum absolute atomic E-state index is 14.0. The van der Waals surface area contributed by atoms with Crippen LogP contribution >= 0.6 is 0 Å². The molecule has 2 aromatic rings. The summed E-state index contributed by atoms with van der Waals surface area (Å²) < 4.78 is 0. The fourth-order valence-corrected chi connectivity index (χ4v) is 5.52. The Morgan fingerprint density at radius 1 is 1.11 bits per heavy atom. The number of carbonyl (C=O) groups excluding carboxylic acids is 2. The lowest BCUT2D eigenvalue weighted by molar-refractivity contribution is -0.141. The van der Waals surface area contributed by atoms with Crippen molar-refractivity contribution in [3.63, 3.8) is 0 Å². The Kier molecular flexibility index (Phi) is 3.93. The van der Waals surface area contributed by atoms with Gasteiger partial charge in [0.25, 0.3) is 0 Å². The second kappa shape index (κ2) is 5.90. The minimum Gasteiger partial charge on any atom is -0.411 e. The van der Waals surface area contributed by atoms with Crippen molar-refractivity contribution in [1.29, 1.82) is 0 Å². The van der Waals surface area contributed by atoms with Crippen molar-refractivity contribution < 1.29 is 14.8 Å². The number of carbonyl (C=O) groups is 2. The van der Waals surface area contributed by atoms with Gasteiger partial charge in [0, 0.05) is 17.3 Å². The second-order valence-electron chi connectivity index (χ2n) is 8.69. The molecule has 2 bridgehead atoms. The number of rotatable bonds is 3. The highest BCUT2D eigenvalue weighted by atomic mass is 16.4. The molecule has 1 N–H and O–H groups in total. The number of nitrogens with zero attached hydrogens (tertiary/aromatic N) is 2. The van der Waals surface area contributed by atoms with Crippen LogP contribution in [0.2, 0.25) is 0 Å². The van der Waals surface area contributed by atoms with Crippen molar-refractivity contribution in [2.45, 2.75) is 40.5 Å². The smallest absolute Gasteiger partial charge is 0.241 e. The Morgan fingerprint density at radius 2 is 1.79 bits per heavy atom. The van der Waals surface area contributed by atoms with Crippen LogP contribution in [0.5, 0.6) is 0 Å². The van der Waals surface area contributed by atoms with E-state index in [0.29, 0.717) is 19.4 Å². The molecule has 5 heteroatoms. The third kappa shape index (κ3) is 1.94. The quantitative estimate of drug-likeness (QED) is 0.488. The van der Waals surface area contributed by atoms with Crippen molar-refractivity contribution in [2.24, 2.45) is 21.4 Å². The molecular weight excluding hydrogens is 352 g/mol. The van der Waals surface area contributed by atoms with Crippen molar-refractivity contribution in [2.75, 3.05) is 11.4 Å².